The molecule has 0 aliphatic heterocycles. The molecule has 0 aromatic carbocycles. The van der Waals surface area contributed by atoms with Gasteiger partial charge in [-0.05, 0) is 22.6 Å². The van der Waals surface area contributed by atoms with E-state index in [-0.39, 0.29) is 18.5 Å². The minimum absolute atomic E-state index is 0.0537. The highest BCUT2D eigenvalue weighted by Crippen LogP contribution is 2.27. The van der Waals surface area contributed by atoms with Crippen molar-refractivity contribution in [1.29, 1.82) is 0 Å². The Hall–Kier alpha value is -0.830. The maximum absolute atomic E-state index is 12.6. The molecule has 0 bridgehead atoms. The van der Waals surface area contributed by atoms with Crippen molar-refractivity contribution in [2.45, 2.75) is 19.4 Å². The average molecular weight is 356 g/mol. The fourth-order valence-corrected chi connectivity index (χ4v) is 2.21. The number of pyridine rings is 1. The first kappa shape index (κ1) is 14.2. The third-order valence-electron chi connectivity index (χ3n) is 2.20. The summed E-state index contributed by atoms with van der Waals surface area (Å²) >= 11 is 1.79. The molecule has 1 heterocycles. The molecule has 0 aliphatic carbocycles. The Morgan fingerprint density at radius 2 is 2.29 bits per heavy atom. The summed E-state index contributed by atoms with van der Waals surface area (Å²) < 4.78 is 30.1. The number of aromatic nitrogens is 1. The summed E-state index contributed by atoms with van der Waals surface area (Å²) in [5.41, 5.74) is 6.18. The molecule has 0 saturated carbocycles. The molecule has 2 N–H and O–H groups in total. The molecule has 0 saturated heterocycles. The average Bonchev–Trinajstić information content (AvgIpc) is 2.28. The Balaban J connectivity index is 3.16. The fraction of sp³-hybridized carbons (Fsp3) is 0.400. The number of nitrogens with zero attached hydrogens (tertiary/aromatic N) is 1. The van der Waals surface area contributed by atoms with Crippen molar-refractivity contribution in [2.24, 2.45) is 5.73 Å². The largest absolute Gasteiger partial charge is 0.469 e. The van der Waals surface area contributed by atoms with Gasteiger partial charge in [-0.15, -0.1) is 0 Å². The molecule has 1 rings (SSSR count). The van der Waals surface area contributed by atoms with Crippen LogP contribution in [0.1, 0.15) is 23.2 Å². The van der Waals surface area contributed by atoms with Gasteiger partial charge in [0.2, 0.25) is 0 Å². The van der Waals surface area contributed by atoms with Crippen LogP contribution in [0.25, 0.3) is 0 Å². The molecule has 0 spiro atoms. The van der Waals surface area contributed by atoms with E-state index in [0.717, 1.165) is 6.20 Å². The molecule has 1 aromatic rings. The monoisotopic (exact) mass is 356 g/mol. The van der Waals surface area contributed by atoms with Crippen molar-refractivity contribution in [3.63, 3.8) is 0 Å². The second-order valence-electron chi connectivity index (χ2n) is 3.21. The van der Waals surface area contributed by atoms with Gasteiger partial charge in [0.25, 0.3) is 6.43 Å². The summed E-state index contributed by atoms with van der Waals surface area (Å²) in [5.74, 6) is -0.479. The zero-order chi connectivity index (χ0) is 13.0. The van der Waals surface area contributed by atoms with Gasteiger partial charge in [-0.2, -0.15) is 0 Å². The van der Waals surface area contributed by atoms with E-state index in [4.69, 9.17) is 5.73 Å². The fourth-order valence-electron chi connectivity index (χ4n) is 1.30. The lowest BCUT2D eigenvalue weighted by Gasteiger charge is -2.11. The van der Waals surface area contributed by atoms with Crippen LogP contribution >= 0.6 is 22.6 Å². The van der Waals surface area contributed by atoms with Crippen molar-refractivity contribution < 1.29 is 18.3 Å². The summed E-state index contributed by atoms with van der Waals surface area (Å²) in [5, 5.41) is 0. The van der Waals surface area contributed by atoms with Crippen LogP contribution in [-0.2, 0) is 22.5 Å². The van der Waals surface area contributed by atoms with E-state index in [1.807, 2.05) is 0 Å². The predicted molar refractivity (Wildman–Crippen MR) is 65.5 cm³/mol. The van der Waals surface area contributed by atoms with Gasteiger partial charge in [0.15, 0.2) is 0 Å². The molecule has 7 heteroatoms. The molecule has 1 aromatic heterocycles. The smallest absolute Gasteiger partial charge is 0.311 e. The maximum Gasteiger partial charge on any atom is 0.311 e. The number of methoxy groups -OCH3 is 1. The quantitative estimate of drug-likeness (QED) is 0.660. The lowest BCUT2D eigenvalue weighted by Crippen LogP contribution is -2.14. The predicted octanol–water partition coefficient (Wildman–Crippen LogP) is 1.80. The Bertz CT molecular complexity index is 427. The van der Waals surface area contributed by atoms with E-state index in [9.17, 15) is 13.6 Å². The molecule has 4 nitrogen and oxygen atoms in total. The van der Waals surface area contributed by atoms with Gasteiger partial charge in [0, 0.05) is 27.4 Å². The summed E-state index contributed by atoms with van der Waals surface area (Å²) in [6, 6.07) is 0. The highest BCUT2D eigenvalue weighted by molar-refractivity contribution is 14.1. The normalized spacial score (nSPS) is 10.7. The van der Waals surface area contributed by atoms with Gasteiger partial charge in [0.05, 0.1) is 19.2 Å². The molecule has 17 heavy (non-hydrogen) atoms. The van der Waals surface area contributed by atoms with Gasteiger partial charge >= 0.3 is 5.97 Å². The second-order valence-corrected chi connectivity index (χ2v) is 4.29. The number of hydrogen-bond donors (Lipinski definition) is 1. The standard InChI is InChI=1S/C10H11F2IN2O2/c1-17-8(16)2-7-5(3-14)9(13)6(4-15-7)10(11)12/h4,10H,2-3,14H2,1H3. The minimum atomic E-state index is -2.60. The van der Waals surface area contributed by atoms with Gasteiger partial charge in [-0.3, -0.25) is 9.78 Å². The van der Waals surface area contributed by atoms with Crippen LogP contribution in [0.2, 0.25) is 0 Å². The SMILES string of the molecule is COC(=O)Cc1ncc(C(F)F)c(I)c1CN. The lowest BCUT2D eigenvalue weighted by molar-refractivity contribution is -0.139. The van der Waals surface area contributed by atoms with Gasteiger partial charge in [0.1, 0.15) is 0 Å². The zero-order valence-corrected chi connectivity index (χ0v) is 11.2. The van der Waals surface area contributed by atoms with E-state index >= 15 is 0 Å². The van der Waals surface area contributed by atoms with Crippen molar-refractivity contribution in [1.82, 2.24) is 4.98 Å². The van der Waals surface area contributed by atoms with E-state index in [2.05, 4.69) is 9.72 Å². The number of esters is 1. The molecule has 0 amide bonds. The summed E-state index contributed by atoms with van der Waals surface area (Å²) in [6.45, 7) is 0.0537. The number of halogens is 3. The molecule has 0 aliphatic rings. The van der Waals surface area contributed by atoms with E-state index < -0.39 is 12.4 Å². The number of carbonyl (C=O) groups is 1. The molecule has 94 valence electrons. The van der Waals surface area contributed by atoms with Crippen LogP contribution in [0.3, 0.4) is 0 Å². The summed E-state index contributed by atoms with van der Waals surface area (Å²) in [6.07, 6.45) is -1.60. The second kappa shape index (κ2) is 6.20. The van der Waals surface area contributed by atoms with Crippen LogP contribution in [0.15, 0.2) is 6.20 Å². The van der Waals surface area contributed by atoms with Gasteiger partial charge in [-0.25, -0.2) is 8.78 Å². The first-order valence-electron chi connectivity index (χ1n) is 4.72. The van der Waals surface area contributed by atoms with Crippen LogP contribution in [0.5, 0.6) is 0 Å². The number of ether oxygens (including phenoxy) is 1. The lowest BCUT2D eigenvalue weighted by atomic mass is 10.1. The third kappa shape index (κ3) is 3.32. The Labute approximate surface area is 111 Å². The molecule has 0 fully saturated rings. The van der Waals surface area contributed by atoms with Crippen LogP contribution in [0.4, 0.5) is 8.78 Å². The summed E-state index contributed by atoms with van der Waals surface area (Å²) in [7, 11) is 1.25. The van der Waals surface area contributed by atoms with Crippen LogP contribution < -0.4 is 5.73 Å². The topological polar surface area (TPSA) is 65.2 Å². The number of rotatable bonds is 4. The highest BCUT2D eigenvalue weighted by Gasteiger charge is 2.19. The summed E-state index contributed by atoms with van der Waals surface area (Å²) in [4.78, 5) is 15.0. The van der Waals surface area contributed by atoms with E-state index in [1.54, 1.807) is 22.6 Å². The van der Waals surface area contributed by atoms with E-state index in [1.165, 1.54) is 7.11 Å². The van der Waals surface area contributed by atoms with Crippen molar-refractivity contribution in [3.05, 3.63) is 26.6 Å². The first-order chi connectivity index (χ1) is 8.01. The van der Waals surface area contributed by atoms with Crippen molar-refractivity contribution in [3.8, 4) is 0 Å². The minimum Gasteiger partial charge on any atom is -0.469 e. The molecular weight excluding hydrogens is 345 g/mol. The Morgan fingerprint density at radius 1 is 1.65 bits per heavy atom. The first-order valence-corrected chi connectivity index (χ1v) is 5.80. The Kier molecular flexibility index (Phi) is 5.19. The van der Waals surface area contributed by atoms with Crippen molar-refractivity contribution >= 4 is 28.6 Å². The van der Waals surface area contributed by atoms with Gasteiger partial charge in [-0.1, -0.05) is 0 Å². The molecular formula is C10H11F2IN2O2. The third-order valence-corrected chi connectivity index (χ3v) is 3.48. The van der Waals surface area contributed by atoms with Crippen LogP contribution in [-0.4, -0.2) is 18.1 Å². The number of alkyl halides is 2. The highest BCUT2D eigenvalue weighted by atomic mass is 127. The molecule has 0 atom stereocenters. The van der Waals surface area contributed by atoms with Crippen LogP contribution in [0, 0.1) is 3.57 Å². The number of carbonyl (C=O) groups excluding carboxylic acids is 1. The number of nitrogens with two attached hydrogens (primary N) is 1. The molecule has 0 unspecified atom stereocenters. The number of hydrogen-bond acceptors (Lipinski definition) is 4. The van der Waals surface area contributed by atoms with Gasteiger partial charge < -0.3 is 10.5 Å². The Morgan fingerprint density at radius 3 is 2.76 bits per heavy atom. The zero-order valence-electron chi connectivity index (χ0n) is 9.04. The van der Waals surface area contributed by atoms with Crippen molar-refractivity contribution in [2.75, 3.05) is 7.11 Å². The maximum atomic E-state index is 12.6. The molecule has 0 radical (unpaired) electrons. The van der Waals surface area contributed by atoms with E-state index in [0.29, 0.717) is 14.8 Å².